The zero-order valence-electron chi connectivity index (χ0n) is 8.93. The van der Waals surface area contributed by atoms with Gasteiger partial charge in [-0.2, -0.15) is 0 Å². The Bertz CT molecular complexity index is 506. The molecule has 16 heavy (non-hydrogen) atoms. The number of carboxylic acid groups (broad SMARTS) is 1. The third-order valence-electron chi connectivity index (χ3n) is 2.48. The second-order valence-electron chi connectivity index (χ2n) is 3.52. The molecule has 0 saturated carbocycles. The van der Waals surface area contributed by atoms with Gasteiger partial charge >= 0.3 is 5.97 Å². The van der Waals surface area contributed by atoms with Gasteiger partial charge in [0.25, 0.3) is 0 Å². The Morgan fingerprint density at radius 3 is 2.94 bits per heavy atom. The second-order valence-corrected chi connectivity index (χ2v) is 4.43. The molecule has 84 valence electrons. The number of rotatable bonds is 4. The maximum absolute atomic E-state index is 11.2. The fraction of sp³-hybridized carbons (Fsp3) is 0.250. The van der Waals surface area contributed by atoms with Gasteiger partial charge in [-0.15, -0.1) is 11.3 Å². The van der Waals surface area contributed by atoms with Crippen molar-refractivity contribution in [1.29, 1.82) is 0 Å². The van der Waals surface area contributed by atoms with E-state index in [0.717, 1.165) is 15.6 Å². The summed E-state index contributed by atoms with van der Waals surface area (Å²) in [6, 6.07) is 7.26. The van der Waals surface area contributed by atoms with E-state index in [9.17, 15) is 9.90 Å². The van der Waals surface area contributed by atoms with Gasteiger partial charge in [0, 0.05) is 4.70 Å². The van der Waals surface area contributed by atoms with Crippen molar-refractivity contribution >= 4 is 27.4 Å². The van der Waals surface area contributed by atoms with Crippen LogP contribution in [0.25, 0.3) is 10.1 Å². The van der Waals surface area contributed by atoms with Crippen molar-refractivity contribution in [3.8, 4) is 0 Å². The lowest BCUT2D eigenvalue weighted by Crippen LogP contribution is -2.27. The van der Waals surface area contributed by atoms with Crippen LogP contribution in [0.2, 0.25) is 0 Å². The van der Waals surface area contributed by atoms with Gasteiger partial charge in [-0.3, -0.25) is 4.79 Å². The van der Waals surface area contributed by atoms with Gasteiger partial charge in [0.15, 0.2) is 0 Å². The van der Waals surface area contributed by atoms with Gasteiger partial charge in [0.2, 0.25) is 0 Å². The van der Waals surface area contributed by atoms with E-state index in [4.69, 9.17) is 0 Å². The van der Waals surface area contributed by atoms with Crippen LogP contribution in [0.1, 0.15) is 18.5 Å². The monoisotopic (exact) mass is 235 g/mol. The minimum atomic E-state index is -0.828. The number of benzene rings is 1. The van der Waals surface area contributed by atoms with Gasteiger partial charge in [0.1, 0.15) is 6.04 Å². The molecule has 0 saturated heterocycles. The summed E-state index contributed by atoms with van der Waals surface area (Å²) in [5.41, 5.74) is 0.856. The Balaban J connectivity index is 2.48. The van der Waals surface area contributed by atoms with Crippen LogP contribution in [0.3, 0.4) is 0 Å². The first-order valence-corrected chi connectivity index (χ1v) is 6.04. The molecule has 1 aromatic carbocycles. The molecule has 1 heterocycles. The Kier molecular flexibility index (Phi) is 3.22. The lowest BCUT2D eigenvalue weighted by atomic mass is 10.1. The Morgan fingerprint density at radius 2 is 2.25 bits per heavy atom. The average Bonchev–Trinajstić information content (AvgIpc) is 2.69. The van der Waals surface area contributed by atoms with Gasteiger partial charge in [-0.25, -0.2) is 0 Å². The molecule has 1 aromatic heterocycles. The summed E-state index contributed by atoms with van der Waals surface area (Å²) < 4.78 is 1.13. The van der Waals surface area contributed by atoms with Crippen LogP contribution in [-0.4, -0.2) is 17.6 Å². The number of thiophene rings is 1. The molecule has 0 aliphatic carbocycles. The van der Waals surface area contributed by atoms with E-state index in [0.29, 0.717) is 6.54 Å². The van der Waals surface area contributed by atoms with Gasteiger partial charge in [-0.1, -0.05) is 25.1 Å². The highest BCUT2D eigenvalue weighted by Crippen LogP contribution is 2.30. The van der Waals surface area contributed by atoms with Crippen molar-refractivity contribution in [1.82, 2.24) is 5.32 Å². The van der Waals surface area contributed by atoms with Crippen LogP contribution < -0.4 is 5.32 Å². The van der Waals surface area contributed by atoms with Crippen LogP contribution in [0, 0.1) is 0 Å². The molecule has 0 amide bonds. The molecule has 0 radical (unpaired) electrons. The summed E-state index contributed by atoms with van der Waals surface area (Å²) in [7, 11) is 0. The summed E-state index contributed by atoms with van der Waals surface area (Å²) >= 11 is 1.58. The minimum absolute atomic E-state index is 0.610. The van der Waals surface area contributed by atoms with Crippen molar-refractivity contribution in [2.24, 2.45) is 0 Å². The maximum atomic E-state index is 11.2. The van der Waals surface area contributed by atoms with E-state index in [1.54, 1.807) is 11.3 Å². The van der Waals surface area contributed by atoms with Crippen LogP contribution >= 0.6 is 11.3 Å². The fourth-order valence-corrected chi connectivity index (χ4v) is 2.74. The third kappa shape index (κ3) is 1.94. The molecule has 1 unspecified atom stereocenters. The van der Waals surface area contributed by atoms with E-state index in [1.165, 1.54) is 0 Å². The van der Waals surface area contributed by atoms with Crippen molar-refractivity contribution in [2.75, 3.05) is 6.54 Å². The fourth-order valence-electron chi connectivity index (χ4n) is 1.76. The van der Waals surface area contributed by atoms with Crippen LogP contribution in [-0.2, 0) is 4.79 Å². The molecule has 3 nitrogen and oxygen atoms in total. The summed E-state index contributed by atoms with van der Waals surface area (Å²) in [4.78, 5) is 11.2. The molecule has 2 aromatic rings. The zero-order valence-corrected chi connectivity index (χ0v) is 9.75. The molecular weight excluding hydrogens is 222 g/mol. The molecular formula is C12H13NO2S. The molecule has 0 fully saturated rings. The first-order valence-electron chi connectivity index (χ1n) is 5.16. The lowest BCUT2D eigenvalue weighted by Gasteiger charge is -2.12. The molecule has 0 spiro atoms. The first kappa shape index (κ1) is 11.1. The number of nitrogens with one attached hydrogen (secondary N) is 1. The molecule has 2 N–H and O–H groups in total. The van der Waals surface area contributed by atoms with Crippen molar-refractivity contribution in [3.63, 3.8) is 0 Å². The quantitative estimate of drug-likeness (QED) is 0.856. The molecule has 0 aliphatic rings. The highest BCUT2D eigenvalue weighted by molar-refractivity contribution is 7.17. The van der Waals surface area contributed by atoms with E-state index in [-0.39, 0.29) is 0 Å². The Morgan fingerprint density at radius 1 is 1.50 bits per heavy atom. The molecule has 0 aliphatic heterocycles. The van der Waals surface area contributed by atoms with E-state index in [1.807, 2.05) is 36.6 Å². The SMILES string of the molecule is CCNC(C(=O)O)c1csc2ccccc12. The summed E-state index contributed by atoms with van der Waals surface area (Å²) in [6.45, 7) is 2.55. The van der Waals surface area contributed by atoms with Crippen LogP contribution in [0.15, 0.2) is 29.6 Å². The Hall–Kier alpha value is -1.39. The number of hydrogen-bond donors (Lipinski definition) is 2. The second kappa shape index (κ2) is 4.63. The predicted molar refractivity (Wildman–Crippen MR) is 65.9 cm³/mol. The van der Waals surface area contributed by atoms with E-state index < -0.39 is 12.0 Å². The standard InChI is InChI=1S/C12H13NO2S/c1-2-13-11(12(14)15)9-7-16-10-6-4-3-5-8(9)10/h3-7,11,13H,2H2,1H3,(H,14,15). The number of aliphatic carboxylic acids is 1. The largest absolute Gasteiger partial charge is 0.480 e. The van der Waals surface area contributed by atoms with Crippen molar-refractivity contribution in [2.45, 2.75) is 13.0 Å². The summed E-state index contributed by atoms with van der Waals surface area (Å²) in [5.74, 6) is -0.828. The van der Waals surface area contributed by atoms with Crippen molar-refractivity contribution < 1.29 is 9.90 Å². The minimum Gasteiger partial charge on any atom is -0.480 e. The van der Waals surface area contributed by atoms with Gasteiger partial charge < -0.3 is 10.4 Å². The van der Waals surface area contributed by atoms with E-state index >= 15 is 0 Å². The highest BCUT2D eigenvalue weighted by Gasteiger charge is 2.21. The predicted octanol–water partition coefficient (Wildman–Crippen LogP) is 2.64. The molecule has 2 rings (SSSR count). The third-order valence-corrected chi connectivity index (χ3v) is 3.46. The van der Waals surface area contributed by atoms with E-state index in [2.05, 4.69) is 5.32 Å². The zero-order chi connectivity index (χ0) is 11.5. The van der Waals surface area contributed by atoms with Crippen LogP contribution in [0.4, 0.5) is 0 Å². The smallest absolute Gasteiger partial charge is 0.325 e. The Labute approximate surface area is 97.7 Å². The normalized spacial score (nSPS) is 12.8. The first-order chi connectivity index (χ1) is 7.74. The topological polar surface area (TPSA) is 49.3 Å². The lowest BCUT2D eigenvalue weighted by molar-refractivity contribution is -0.139. The van der Waals surface area contributed by atoms with Crippen LogP contribution in [0.5, 0.6) is 0 Å². The summed E-state index contributed by atoms with van der Waals surface area (Å²) in [6.07, 6.45) is 0. The number of likely N-dealkylation sites (N-methyl/N-ethyl adjacent to an activating group) is 1. The highest BCUT2D eigenvalue weighted by atomic mass is 32.1. The number of hydrogen-bond acceptors (Lipinski definition) is 3. The number of carbonyl (C=O) groups is 1. The van der Waals surface area contributed by atoms with Gasteiger partial charge in [-0.05, 0) is 28.9 Å². The molecule has 0 bridgehead atoms. The molecule has 1 atom stereocenters. The average molecular weight is 235 g/mol. The maximum Gasteiger partial charge on any atom is 0.325 e. The molecule has 4 heteroatoms. The van der Waals surface area contributed by atoms with Gasteiger partial charge in [0.05, 0.1) is 0 Å². The number of fused-ring (bicyclic) bond motifs is 1. The summed E-state index contributed by atoms with van der Waals surface area (Å²) in [5, 5.41) is 15.1. The number of carboxylic acids is 1. The van der Waals surface area contributed by atoms with Crippen molar-refractivity contribution in [3.05, 3.63) is 35.2 Å².